The summed E-state index contributed by atoms with van der Waals surface area (Å²) in [6.07, 6.45) is 5.92. The summed E-state index contributed by atoms with van der Waals surface area (Å²) in [6, 6.07) is 2.27. The maximum Gasteiger partial charge on any atom is 0.407 e. The van der Waals surface area contributed by atoms with Gasteiger partial charge in [-0.2, -0.15) is 5.10 Å². The van der Waals surface area contributed by atoms with Crippen LogP contribution in [0.2, 0.25) is 0 Å². The van der Waals surface area contributed by atoms with Crippen molar-refractivity contribution in [2.24, 2.45) is 0 Å². The maximum absolute atomic E-state index is 12.0. The minimum absolute atomic E-state index is 0.0446. The van der Waals surface area contributed by atoms with Gasteiger partial charge in [-0.15, -0.1) is 0 Å². The monoisotopic (exact) mass is 416 g/mol. The molecule has 8 heteroatoms. The summed E-state index contributed by atoms with van der Waals surface area (Å²) < 4.78 is 7.09. The first-order chi connectivity index (χ1) is 14.1. The number of aromatic nitrogens is 2. The van der Waals surface area contributed by atoms with E-state index < -0.39 is 5.60 Å². The molecule has 1 amide bonds. The second-order valence-corrected chi connectivity index (χ2v) is 9.28. The lowest BCUT2D eigenvalue weighted by Crippen LogP contribution is -2.40. The first-order valence-electron chi connectivity index (χ1n) is 10.8. The number of carbonyl (C=O) groups is 1. The van der Waals surface area contributed by atoms with Gasteiger partial charge in [0.2, 0.25) is 0 Å². The van der Waals surface area contributed by atoms with Crippen molar-refractivity contribution in [1.82, 2.24) is 25.3 Å². The van der Waals surface area contributed by atoms with Gasteiger partial charge in [0.15, 0.2) is 0 Å². The van der Waals surface area contributed by atoms with Gasteiger partial charge in [-0.05, 0) is 59.1 Å². The predicted octanol–water partition coefficient (Wildman–Crippen LogP) is 3.25. The van der Waals surface area contributed by atoms with Gasteiger partial charge in [0, 0.05) is 31.1 Å². The van der Waals surface area contributed by atoms with Gasteiger partial charge < -0.3 is 26.0 Å². The van der Waals surface area contributed by atoms with Gasteiger partial charge in [-0.3, -0.25) is 0 Å². The SMILES string of the molecule is C=C(/C(C)=C\n1nc([C@@H]2CCCCN2)cc1N)N1CC[C@H](NC(=O)OC(C)(C)C)C1. The molecule has 0 radical (unpaired) electrons. The lowest BCUT2D eigenvalue weighted by Gasteiger charge is -2.23. The van der Waals surface area contributed by atoms with E-state index in [4.69, 9.17) is 15.6 Å². The molecule has 1 aromatic heterocycles. The van der Waals surface area contributed by atoms with Crippen LogP contribution in [0.5, 0.6) is 0 Å². The molecule has 0 unspecified atom stereocenters. The fourth-order valence-corrected chi connectivity index (χ4v) is 3.91. The zero-order valence-electron chi connectivity index (χ0n) is 18.7. The largest absolute Gasteiger partial charge is 0.444 e. The third-order valence-electron chi connectivity index (χ3n) is 5.51. The highest BCUT2D eigenvalue weighted by Gasteiger charge is 2.27. The van der Waals surface area contributed by atoms with E-state index in [-0.39, 0.29) is 18.2 Å². The average molecular weight is 417 g/mol. The molecule has 4 N–H and O–H groups in total. The molecule has 2 aliphatic heterocycles. The van der Waals surface area contributed by atoms with Crippen LogP contribution in [-0.2, 0) is 4.74 Å². The molecule has 0 aromatic carbocycles. The Bertz CT molecular complexity index is 801. The fourth-order valence-electron chi connectivity index (χ4n) is 3.91. The second kappa shape index (κ2) is 9.12. The van der Waals surface area contributed by atoms with Crippen molar-refractivity contribution in [3.63, 3.8) is 0 Å². The molecule has 1 aromatic rings. The number of rotatable bonds is 5. The first kappa shape index (κ1) is 22.2. The number of allylic oxidation sites excluding steroid dienone is 1. The second-order valence-electron chi connectivity index (χ2n) is 9.28. The van der Waals surface area contributed by atoms with Gasteiger partial charge in [0.1, 0.15) is 11.4 Å². The normalized spacial score (nSPS) is 22.8. The van der Waals surface area contributed by atoms with E-state index in [2.05, 4.69) is 22.1 Å². The summed E-state index contributed by atoms with van der Waals surface area (Å²) >= 11 is 0. The van der Waals surface area contributed by atoms with Gasteiger partial charge in [0.25, 0.3) is 0 Å². The van der Waals surface area contributed by atoms with E-state index in [0.29, 0.717) is 12.4 Å². The number of ether oxygens (including phenoxy) is 1. The van der Waals surface area contributed by atoms with E-state index in [1.165, 1.54) is 12.8 Å². The van der Waals surface area contributed by atoms with Gasteiger partial charge in [-0.1, -0.05) is 13.0 Å². The summed E-state index contributed by atoms with van der Waals surface area (Å²) in [4.78, 5) is 14.2. The van der Waals surface area contributed by atoms with Gasteiger partial charge >= 0.3 is 6.09 Å². The highest BCUT2D eigenvalue weighted by molar-refractivity contribution is 5.68. The molecule has 8 nitrogen and oxygen atoms in total. The Balaban J connectivity index is 1.58. The van der Waals surface area contributed by atoms with Crippen LogP contribution in [0.4, 0.5) is 10.6 Å². The average Bonchev–Trinajstić information content (AvgIpc) is 3.27. The number of likely N-dealkylation sites (tertiary alicyclic amines) is 1. The van der Waals surface area contributed by atoms with Crippen LogP contribution >= 0.6 is 0 Å². The molecule has 0 saturated carbocycles. The molecule has 3 heterocycles. The third-order valence-corrected chi connectivity index (χ3v) is 5.51. The molecule has 3 rings (SSSR count). The molecule has 0 bridgehead atoms. The van der Waals surface area contributed by atoms with Crippen LogP contribution in [0.15, 0.2) is 23.9 Å². The minimum Gasteiger partial charge on any atom is -0.444 e. The number of alkyl carbamates (subject to hydrolysis) is 1. The van der Waals surface area contributed by atoms with Crippen LogP contribution in [-0.4, -0.2) is 52.1 Å². The van der Waals surface area contributed by atoms with Gasteiger partial charge in [0.05, 0.1) is 17.8 Å². The summed E-state index contributed by atoms with van der Waals surface area (Å²) in [5.74, 6) is 0.621. The third kappa shape index (κ3) is 5.78. The predicted molar refractivity (Wildman–Crippen MR) is 120 cm³/mol. The van der Waals surface area contributed by atoms with Crippen LogP contribution in [0.25, 0.3) is 6.20 Å². The van der Waals surface area contributed by atoms with Crippen LogP contribution in [0, 0.1) is 0 Å². The van der Waals surface area contributed by atoms with Crippen LogP contribution in [0.3, 0.4) is 0 Å². The molecule has 2 aliphatic rings. The molecule has 2 fully saturated rings. The smallest absolute Gasteiger partial charge is 0.407 e. The molecular formula is C22H36N6O2. The summed E-state index contributed by atoms with van der Waals surface area (Å²) in [5.41, 5.74) is 8.60. The van der Waals surface area contributed by atoms with Crippen molar-refractivity contribution in [2.75, 3.05) is 25.4 Å². The lowest BCUT2D eigenvalue weighted by atomic mass is 10.0. The van der Waals surface area contributed by atoms with E-state index >= 15 is 0 Å². The topological polar surface area (TPSA) is 97.4 Å². The number of piperidine rings is 1. The Morgan fingerprint density at radius 1 is 1.40 bits per heavy atom. The van der Waals surface area contributed by atoms with E-state index in [1.54, 1.807) is 4.68 Å². The van der Waals surface area contributed by atoms with Crippen LogP contribution < -0.4 is 16.4 Å². The Kier molecular flexibility index (Phi) is 6.75. The fraction of sp³-hybridized carbons (Fsp3) is 0.636. The zero-order chi connectivity index (χ0) is 21.9. The van der Waals surface area contributed by atoms with Gasteiger partial charge in [-0.25, -0.2) is 9.48 Å². The molecular weight excluding hydrogens is 380 g/mol. The number of hydrogen-bond donors (Lipinski definition) is 3. The maximum atomic E-state index is 12.0. The number of nitrogens with one attached hydrogen (secondary N) is 2. The van der Waals surface area contributed by atoms with Crippen molar-refractivity contribution in [3.05, 3.63) is 29.6 Å². The van der Waals surface area contributed by atoms with Crippen molar-refractivity contribution in [3.8, 4) is 0 Å². The Hall–Kier alpha value is -2.48. The van der Waals surface area contributed by atoms with Crippen LogP contribution in [0.1, 0.15) is 65.1 Å². The number of anilines is 1. The molecule has 166 valence electrons. The van der Waals surface area contributed by atoms with E-state index in [0.717, 1.165) is 42.9 Å². The van der Waals surface area contributed by atoms with Crippen molar-refractivity contribution in [2.45, 2.75) is 71.1 Å². The van der Waals surface area contributed by atoms with E-state index in [1.807, 2.05) is 40.0 Å². The summed E-state index contributed by atoms with van der Waals surface area (Å²) in [6.45, 7) is 14.4. The molecule has 2 saturated heterocycles. The van der Waals surface area contributed by atoms with Crippen molar-refractivity contribution >= 4 is 18.1 Å². The lowest BCUT2D eigenvalue weighted by molar-refractivity contribution is 0.0506. The Morgan fingerprint density at radius 2 is 2.17 bits per heavy atom. The molecule has 2 atom stereocenters. The molecule has 30 heavy (non-hydrogen) atoms. The highest BCUT2D eigenvalue weighted by Crippen LogP contribution is 2.25. The van der Waals surface area contributed by atoms with Crippen molar-refractivity contribution < 1.29 is 9.53 Å². The van der Waals surface area contributed by atoms with Crippen molar-refractivity contribution in [1.29, 1.82) is 0 Å². The molecule has 0 aliphatic carbocycles. The Morgan fingerprint density at radius 3 is 2.83 bits per heavy atom. The standard InChI is InChI=1S/C22H36N6O2/c1-15(13-28-20(23)12-19(26-28)18-8-6-7-10-24-18)16(2)27-11-9-17(14-27)25-21(29)30-22(3,4)5/h12-13,17-18,24H,2,6-11,14,23H2,1,3-5H3,(H,25,29)/b15-13-/t17-,18-/m0/s1. The number of nitrogen functional groups attached to an aromatic ring is 1. The number of hydrogen-bond acceptors (Lipinski definition) is 6. The summed E-state index contributed by atoms with van der Waals surface area (Å²) in [7, 11) is 0. The quantitative estimate of drug-likeness (QED) is 0.638. The number of amides is 1. The first-order valence-corrected chi connectivity index (χ1v) is 10.8. The molecule has 0 spiro atoms. The zero-order valence-corrected chi connectivity index (χ0v) is 18.7. The van der Waals surface area contributed by atoms with E-state index in [9.17, 15) is 4.79 Å². The number of nitrogens with two attached hydrogens (primary N) is 1. The summed E-state index contributed by atoms with van der Waals surface area (Å²) in [5, 5.41) is 11.1. The highest BCUT2D eigenvalue weighted by atomic mass is 16.6. The number of nitrogens with zero attached hydrogens (tertiary/aromatic N) is 3. The Labute approximate surface area is 179 Å². The minimum atomic E-state index is -0.499. The number of carbonyl (C=O) groups excluding carboxylic acids is 1.